The Hall–Kier alpha value is -2.94. The van der Waals surface area contributed by atoms with Crippen LogP contribution in [0.25, 0.3) is 0 Å². The van der Waals surface area contributed by atoms with Crippen LogP contribution in [0.4, 0.5) is 0 Å². The van der Waals surface area contributed by atoms with E-state index in [1.54, 1.807) is 19.1 Å². The van der Waals surface area contributed by atoms with Crippen LogP contribution in [0.5, 0.6) is 11.5 Å². The molecule has 0 radical (unpaired) electrons. The molecule has 0 fully saturated rings. The van der Waals surface area contributed by atoms with E-state index in [9.17, 15) is 19.2 Å². The Labute approximate surface area is 233 Å². The lowest BCUT2D eigenvalue weighted by Gasteiger charge is -2.18. The normalized spacial score (nSPS) is 14.9. The lowest BCUT2D eigenvalue weighted by atomic mass is 10.0. The highest BCUT2D eigenvalue weighted by atomic mass is 16.6. The van der Waals surface area contributed by atoms with Crippen molar-refractivity contribution in [3.8, 4) is 11.5 Å². The minimum Gasteiger partial charge on any atom is -0.462 e. The van der Waals surface area contributed by atoms with Crippen LogP contribution in [0, 0.1) is 17.8 Å². The van der Waals surface area contributed by atoms with E-state index in [0.717, 1.165) is 19.3 Å². The molecule has 3 unspecified atom stereocenters. The summed E-state index contributed by atoms with van der Waals surface area (Å²) >= 11 is 0. The van der Waals surface area contributed by atoms with Crippen molar-refractivity contribution in [2.75, 3.05) is 6.61 Å². The summed E-state index contributed by atoms with van der Waals surface area (Å²) in [5, 5.41) is 0. The van der Waals surface area contributed by atoms with E-state index in [1.165, 1.54) is 6.07 Å². The number of carbonyl (C=O) groups excluding carboxylic acids is 4. The van der Waals surface area contributed by atoms with E-state index in [4.69, 9.17) is 24.7 Å². The lowest BCUT2D eigenvalue weighted by Crippen LogP contribution is -2.37. The van der Waals surface area contributed by atoms with Gasteiger partial charge >= 0.3 is 23.9 Å². The number of esters is 4. The molecule has 39 heavy (non-hydrogen) atoms. The molecule has 0 aliphatic carbocycles. The number of nitrogens with two attached hydrogens (primary N) is 1. The topological polar surface area (TPSA) is 131 Å². The van der Waals surface area contributed by atoms with Crippen LogP contribution in [-0.2, 0) is 35.1 Å². The van der Waals surface area contributed by atoms with E-state index in [-0.39, 0.29) is 61.1 Å². The smallest absolute Gasteiger partial charge is 0.323 e. The van der Waals surface area contributed by atoms with Crippen molar-refractivity contribution in [2.24, 2.45) is 23.5 Å². The third kappa shape index (κ3) is 13.6. The molecule has 0 aromatic heterocycles. The molecule has 0 aliphatic heterocycles. The first kappa shape index (κ1) is 34.1. The van der Waals surface area contributed by atoms with Gasteiger partial charge in [-0.05, 0) is 48.8 Å². The molecular formula is C30H47NO8. The number of hydrogen-bond donors (Lipinski definition) is 1. The standard InChI is InChI=1S/C30H47NO8/c1-8-19(4)13-27(32)36-18-22(7)37-30(35)24(31)16-23-11-12-25(38-28(33)14-20(5)9-2)26(17-23)39-29(34)15-21(6)10-3/h11-12,17,19-22,24H,8-10,13-16,18,31H2,1-7H3/t19?,20?,21?,22-,24-/m0/s1. The molecule has 2 N–H and O–H groups in total. The Balaban J connectivity index is 2.87. The van der Waals surface area contributed by atoms with Gasteiger partial charge in [-0.25, -0.2) is 0 Å². The van der Waals surface area contributed by atoms with Gasteiger partial charge in [-0.15, -0.1) is 0 Å². The van der Waals surface area contributed by atoms with Crippen molar-refractivity contribution in [3.05, 3.63) is 23.8 Å². The molecule has 0 bridgehead atoms. The van der Waals surface area contributed by atoms with Gasteiger partial charge in [0.15, 0.2) is 11.5 Å². The van der Waals surface area contributed by atoms with Crippen molar-refractivity contribution in [1.29, 1.82) is 0 Å². The van der Waals surface area contributed by atoms with E-state index in [2.05, 4.69) is 0 Å². The van der Waals surface area contributed by atoms with Gasteiger partial charge in [-0.1, -0.05) is 66.9 Å². The maximum atomic E-state index is 12.5. The van der Waals surface area contributed by atoms with E-state index < -0.39 is 30.1 Å². The molecule has 0 spiro atoms. The van der Waals surface area contributed by atoms with Crippen molar-refractivity contribution in [3.63, 3.8) is 0 Å². The van der Waals surface area contributed by atoms with Gasteiger partial charge < -0.3 is 24.7 Å². The zero-order valence-corrected chi connectivity index (χ0v) is 24.6. The summed E-state index contributed by atoms with van der Waals surface area (Å²) < 4.78 is 21.6. The Bertz CT molecular complexity index is 947. The molecule has 9 heteroatoms. The summed E-state index contributed by atoms with van der Waals surface area (Å²) in [6.07, 6.45) is 2.71. The van der Waals surface area contributed by atoms with Crippen LogP contribution in [0.2, 0.25) is 0 Å². The van der Waals surface area contributed by atoms with Crippen molar-refractivity contribution < 1.29 is 38.1 Å². The van der Waals surface area contributed by atoms with E-state index in [0.29, 0.717) is 12.0 Å². The summed E-state index contributed by atoms with van der Waals surface area (Å²) in [6, 6.07) is 3.73. The Kier molecular flexibility index (Phi) is 15.4. The molecule has 0 amide bonds. The fraction of sp³-hybridized carbons (Fsp3) is 0.667. The molecule has 1 aromatic rings. The van der Waals surface area contributed by atoms with Gasteiger partial charge in [0.1, 0.15) is 18.8 Å². The lowest BCUT2D eigenvalue weighted by molar-refractivity contribution is -0.159. The second-order valence-corrected chi connectivity index (χ2v) is 10.6. The van der Waals surface area contributed by atoms with Gasteiger partial charge in [0.25, 0.3) is 0 Å². The average Bonchev–Trinajstić information content (AvgIpc) is 2.88. The number of rotatable bonds is 17. The highest BCUT2D eigenvalue weighted by Gasteiger charge is 2.22. The number of hydrogen-bond acceptors (Lipinski definition) is 9. The Morgan fingerprint density at radius 2 is 1.23 bits per heavy atom. The largest absolute Gasteiger partial charge is 0.462 e. The zero-order chi connectivity index (χ0) is 29.5. The molecular weight excluding hydrogens is 502 g/mol. The molecule has 0 heterocycles. The maximum Gasteiger partial charge on any atom is 0.323 e. The number of ether oxygens (including phenoxy) is 4. The number of carbonyl (C=O) groups is 4. The first-order valence-corrected chi connectivity index (χ1v) is 14.0. The molecule has 1 rings (SSSR count). The fourth-order valence-electron chi connectivity index (χ4n) is 3.38. The summed E-state index contributed by atoms with van der Waals surface area (Å²) in [5.74, 6) is -1.11. The van der Waals surface area contributed by atoms with E-state index >= 15 is 0 Å². The quantitative estimate of drug-likeness (QED) is 0.207. The summed E-state index contributed by atoms with van der Waals surface area (Å²) in [6.45, 7) is 13.4. The van der Waals surface area contributed by atoms with Crippen LogP contribution >= 0.6 is 0 Å². The Morgan fingerprint density at radius 1 is 0.744 bits per heavy atom. The summed E-state index contributed by atoms with van der Waals surface area (Å²) in [7, 11) is 0. The first-order chi connectivity index (χ1) is 18.4. The van der Waals surface area contributed by atoms with Gasteiger partial charge in [0, 0.05) is 19.3 Å². The van der Waals surface area contributed by atoms with Crippen LogP contribution < -0.4 is 15.2 Å². The van der Waals surface area contributed by atoms with Crippen LogP contribution in [-0.4, -0.2) is 42.6 Å². The molecule has 9 nitrogen and oxygen atoms in total. The SMILES string of the molecule is CCC(C)CC(=O)OC[C@H](C)OC(=O)[C@@H](N)Cc1ccc(OC(=O)CC(C)CC)c(OC(=O)CC(C)CC)c1. The highest BCUT2D eigenvalue weighted by Crippen LogP contribution is 2.30. The molecule has 0 saturated heterocycles. The van der Waals surface area contributed by atoms with Crippen molar-refractivity contribution >= 4 is 23.9 Å². The predicted octanol–water partition coefficient (Wildman–Crippen LogP) is 5.15. The van der Waals surface area contributed by atoms with Crippen molar-refractivity contribution in [2.45, 2.75) is 106 Å². The fourth-order valence-corrected chi connectivity index (χ4v) is 3.38. The minimum absolute atomic E-state index is 0.0548. The molecule has 220 valence electrons. The van der Waals surface area contributed by atoms with Gasteiger partial charge in [0.05, 0.1) is 0 Å². The highest BCUT2D eigenvalue weighted by molar-refractivity contribution is 5.77. The van der Waals surface area contributed by atoms with Crippen LogP contribution in [0.3, 0.4) is 0 Å². The van der Waals surface area contributed by atoms with Crippen LogP contribution in [0.1, 0.15) is 92.6 Å². The monoisotopic (exact) mass is 549 g/mol. The Morgan fingerprint density at radius 3 is 1.74 bits per heavy atom. The van der Waals surface area contributed by atoms with E-state index in [1.807, 2.05) is 41.5 Å². The predicted molar refractivity (Wildman–Crippen MR) is 148 cm³/mol. The first-order valence-electron chi connectivity index (χ1n) is 14.0. The number of benzene rings is 1. The zero-order valence-electron chi connectivity index (χ0n) is 24.6. The second kappa shape index (κ2) is 17.6. The maximum absolute atomic E-state index is 12.5. The molecule has 5 atom stereocenters. The molecule has 0 saturated carbocycles. The second-order valence-electron chi connectivity index (χ2n) is 10.6. The van der Waals surface area contributed by atoms with Gasteiger partial charge in [0.2, 0.25) is 0 Å². The summed E-state index contributed by atoms with van der Waals surface area (Å²) in [5.41, 5.74) is 6.68. The third-order valence-electron chi connectivity index (χ3n) is 6.65. The van der Waals surface area contributed by atoms with Crippen molar-refractivity contribution in [1.82, 2.24) is 0 Å². The van der Waals surface area contributed by atoms with Crippen LogP contribution in [0.15, 0.2) is 18.2 Å². The molecule has 1 aromatic carbocycles. The average molecular weight is 550 g/mol. The molecule has 0 aliphatic rings. The summed E-state index contributed by atoms with van der Waals surface area (Å²) in [4.78, 5) is 49.3. The minimum atomic E-state index is -1.01. The van der Waals surface area contributed by atoms with Gasteiger partial charge in [-0.2, -0.15) is 0 Å². The third-order valence-corrected chi connectivity index (χ3v) is 6.65. The van der Waals surface area contributed by atoms with Gasteiger partial charge in [-0.3, -0.25) is 19.2 Å².